The van der Waals surface area contributed by atoms with Gasteiger partial charge < -0.3 is 24.4 Å². The zero-order valence-corrected chi connectivity index (χ0v) is 14.0. The number of anilines is 2. The SMILES string of the molecule is CC1COCCN1c1ccc(NC(=O)c2ccc3c(c2)OCO3)cc1. The molecule has 0 saturated carbocycles. The molecule has 6 heteroatoms. The van der Waals surface area contributed by atoms with Gasteiger partial charge in [0, 0.05) is 29.5 Å². The summed E-state index contributed by atoms with van der Waals surface area (Å²) in [6.07, 6.45) is 0. The molecule has 1 atom stereocenters. The van der Waals surface area contributed by atoms with Gasteiger partial charge in [0.15, 0.2) is 11.5 Å². The lowest BCUT2D eigenvalue weighted by atomic mass is 10.1. The summed E-state index contributed by atoms with van der Waals surface area (Å²) in [6, 6.07) is 13.4. The zero-order chi connectivity index (χ0) is 17.2. The summed E-state index contributed by atoms with van der Waals surface area (Å²) in [5.74, 6) is 1.09. The van der Waals surface area contributed by atoms with Crippen molar-refractivity contribution in [2.45, 2.75) is 13.0 Å². The first-order valence-corrected chi connectivity index (χ1v) is 8.36. The molecule has 2 aliphatic rings. The first-order chi connectivity index (χ1) is 12.2. The van der Waals surface area contributed by atoms with Gasteiger partial charge in [0.2, 0.25) is 6.79 Å². The van der Waals surface area contributed by atoms with Crippen molar-refractivity contribution in [3.63, 3.8) is 0 Å². The van der Waals surface area contributed by atoms with Crippen LogP contribution in [0.15, 0.2) is 42.5 Å². The van der Waals surface area contributed by atoms with Gasteiger partial charge in [0.25, 0.3) is 5.91 Å². The molecule has 2 aromatic carbocycles. The van der Waals surface area contributed by atoms with Crippen molar-refractivity contribution >= 4 is 17.3 Å². The van der Waals surface area contributed by atoms with Crippen molar-refractivity contribution in [2.75, 3.05) is 36.8 Å². The fourth-order valence-corrected chi connectivity index (χ4v) is 3.09. The van der Waals surface area contributed by atoms with Crippen LogP contribution in [-0.2, 0) is 4.74 Å². The summed E-state index contributed by atoms with van der Waals surface area (Å²) in [4.78, 5) is 14.7. The van der Waals surface area contributed by atoms with E-state index in [1.54, 1.807) is 18.2 Å². The van der Waals surface area contributed by atoms with Gasteiger partial charge in [-0.2, -0.15) is 0 Å². The average Bonchev–Trinajstić information content (AvgIpc) is 3.10. The van der Waals surface area contributed by atoms with Crippen LogP contribution >= 0.6 is 0 Å². The third-order valence-electron chi connectivity index (χ3n) is 4.46. The Labute approximate surface area is 146 Å². The summed E-state index contributed by atoms with van der Waals surface area (Å²) in [5, 5.41) is 2.91. The summed E-state index contributed by atoms with van der Waals surface area (Å²) < 4.78 is 16.1. The fourth-order valence-electron chi connectivity index (χ4n) is 3.09. The summed E-state index contributed by atoms with van der Waals surface area (Å²) in [6.45, 7) is 4.70. The van der Waals surface area contributed by atoms with Crippen LogP contribution in [0, 0.1) is 0 Å². The smallest absolute Gasteiger partial charge is 0.255 e. The summed E-state index contributed by atoms with van der Waals surface area (Å²) >= 11 is 0. The number of rotatable bonds is 3. The molecule has 2 aromatic rings. The van der Waals surface area contributed by atoms with Crippen LogP contribution in [0.1, 0.15) is 17.3 Å². The molecule has 6 nitrogen and oxygen atoms in total. The molecule has 130 valence electrons. The second kappa shape index (κ2) is 6.64. The van der Waals surface area contributed by atoms with Crippen LogP contribution in [0.25, 0.3) is 0 Å². The first-order valence-electron chi connectivity index (χ1n) is 8.36. The minimum atomic E-state index is -0.175. The van der Waals surface area contributed by atoms with Gasteiger partial charge >= 0.3 is 0 Å². The number of carbonyl (C=O) groups is 1. The molecular weight excluding hydrogens is 320 g/mol. The highest BCUT2D eigenvalue weighted by Gasteiger charge is 2.19. The second-order valence-corrected chi connectivity index (χ2v) is 6.19. The van der Waals surface area contributed by atoms with Crippen molar-refractivity contribution in [1.82, 2.24) is 0 Å². The van der Waals surface area contributed by atoms with Gasteiger partial charge in [-0.1, -0.05) is 0 Å². The van der Waals surface area contributed by atoms with E-state index in [0.717, 1.165) is 31.1 Å². The fraction of sp³-hybridized carbons (Fsp3) is 0.316. The van der Waals surface area contributed by atoms with Crippen molar-refractivity contribution in [3.05, 3.63) is 48.0 Å². The Morgan fingerprint density at radius 3 is 2.72 bits per heavy atom. The predicted molar refractivity (Wildman–Crippen MR) is 94.6 cm³/mol. The van der Waals surface area contributed by atoms with E-state index in [4.69, 9.17) is 14.2 Å². The van der Waals surface area contributed by atoms with Crippen molar-refractivity contribution < 1.29 is 19.0 Å². The number of amides is 1. The summed E-state index contributed by atoms with van der Waals surface area (Å²) in [5.41, 5.74) is 2.43. The van der Waals surface area contributed by atoms with Gasteiger partial charge in [-0.3, -0.25) is 4.79 Å². The number of nitrogens with zero attached hydrogens (tertiary/aromatic N) is 1. The normalized spacial score (nSPS) is 18.9. The van der Waals surface area contributed by atoms with E-state index in [1.165, 1.54) is 0 Å². The monoisotopic (exact) mass is 340 g/mol. The Morgan fingerprint density at radius 2 is 1.92 bits per heavy atom. The molecule has 0 aliphatic carbocycles. The molecule has 1 amide bonds. The molecular formula is C19H20N2O4. The van der Waals surface area contributed by atoms with Gasteiger partial charge in [0.05, 0.1) is 13.2 Å². The topological polar surface area (TPSA) is 60.0 Å². The van der Waals surface area contributed by atoms with E-state index in [9.17, 15) is 4.79 Å². The quantitative estimate of drug-likeness (QED) is 0.931. The van der Waals surface area contributed by atoms with E-state index in [2.05, 4.69) is 17.1 Å². The van der Waals surface area contributed by atoms with Gasteiger partial charge in [-0.25, -0.2) is 0 Å². The maximum Gasteiger partial charge on any atom is 0.255 e. The molecule has 0 aromatic heterocycles. The van der Waals surface area contributed by atoms with Gasteiger partial charge in [0.1, 0.15) is 0 Å². The summed E-state index contributed by atoms with van der Waals surface area (Å²) in [7, 11) is 0. The van der Waals surface area contributed by atoms with Crippen LogP contribution in [0.4, 0.5) is 11.4 Å². The van der Waals surface area contributed by atoms with Gasteiger partial charge in [-0.05, 0) is 49.4 Å². The minimum absolute atomic E-state index is 0.175. The molecule has 1 fully saturated rings. The zero-order valence-electron chi connectivity index (χ0n) is 14.0. The Bertz CT molecular complexity index is 775. The molecule has 0 bridgehead atoms. The number of ether oxygens (including phenoxy) is 3. The highest BCUT2D eigenvalue weighted by molar-refractivity contribution is 6.04. The third-order valence-corrected chi connectivity index (χ3v) is 4.46. The predicted octanol–water partition coefficient (Wildman–Crippen LogP) is 2.89. The molecule has 2 aliphatic heterocycles. The molecule has 2 heterocycles. The standard InChI is InChI=1S/C19H20N2O4/c1-13-11-23-9-8-21(13)16-5-3-15(4-6-16)20-19(22)14-2-7-17-18(10-14)25-12-24-17/h2-7,10,13H,8-9,11-12H2,1H3,(H,20,22). The largest absolute Gasteiger partial charge is 0.454 e. The Morgan fingerprint density at radius 1 is 1.12 bits per heavy atom. The Balaban J connectivity index is 1.45. The van der Waals surface area contributed by atoms with E-state index in [-0.39, 0.29) is 12.7 Å². The second-order valence-electron chi connectivity index (χ2n) is 6.19. The van der Waals surface area contributed by atoms with E-state index in [0.29, 0.717) is 23.1 Å². The maximum atomic E-state index is 12.4. The van der Waals surface area contributed by atoms with Crippen LogP contribution in [0.5, 0.6) is 11.5 Å². The van der Waals surface area contributed by atoms with E-state index < -0.39 is 0 Å². The lowest BCUT2D eigenvalue weighted by Crippen LogP contribution is -2.43. The van der Waals surface area contributed by atoms with Crippen LogP contribution < -0.4 is 19.7 Å². The lowest BCUT2D eigenvalue weighted by Gasteiger charge is -2.35. The highest BCUT2D eigenvalue weighted by Crippen LogP contribution is 2.32. The number of fused-ring (bicyclic) bond motifs is 1. The highest BCUT2D eigenvalue weighted by atomic mass is 16.7. The first kappa shape index (κ1) is 15.8. The van der Waals surface area contributed by atoms with E-state index >= 15 is 0 Å². The lowest BCUT2D eigenvalue weighted by molar-refractivity contribution is 0.0989. The molecule has 1 saturated heterocycles. The number of benzene rings is 2. The molecule has 1 N–H and O–H groups in total. The molecule has 4 rings (SSSR count). The minimum Gasteiger partial charge on any atom is -0.454 e. The number of hydrogen-bond donors (Lipinski definition) is 1. The molecule has 0 spiro atoms. The number of morpholine rings is 1. The van der Waals surface area contributed by atoms with Crippen LogP contribution in [0.2, 0.25) is 0 Å². The van der Waals surface area contributed by atoms with E-state index in [1.807, 2.05) is 24.3 Å². The molecule has 25 heavy (non-hydrogen) atoms. The average molecular weight is 340 g/mol. The maximum absolute atomic E-state index is 12.4. The van der Waals surface area contributed by atoms with Crippen LogP contribution in [-0.4, -0.2) is 38.5 Å². The Hall–Kier alpha value is -2.73. The van der Waals surface area contributed by atoms with Gasteiger partial charge in [-0.15, -0.1) is 0 Å². The van der Waals surface area contributed by atoms with Crippen molar-refractivity contribution in [3.8, 4) is 11.5 Å². The number of carbonyl (C=O) groups excluding carboxylic acids is 1. The van der Waals surface area contributed by atoms with Crippen molar-refractivity contribution in [2.24, 2.45) is 0 Å². The van der Waals surface area contributed by atoms with Crippen LogP contribution in [0.3, 0.4) is 0 Å². The third kappa shape index (κ3) is 3.25. The van der Waals surface area contributed by atoms with Crippen molar-refractivity contribution in [1.29, 1.82) is 0 Å². The Kier molecular flexibility index (Phi) is 4.19. The number of hydrogen-bond acceptors (Lipinski definition) is 5. The number of nitrogens with one attached hydrogen (secondary N) is 1. The molecule has 0 radical (unpaired) electrons. The molecule has 1 unspecified atom stereocenters.